The minimum atomic E-state index is 0.175. The summed E-state index contributed by atoms with van der Waals surface area (Å²) in [5.74, 6) is 0.918. The van der Waals surface area contributed by atoms with Crippen LogP contribution >= 0.6 is 0 Å². The van der Waals surface area contributed by atoms with Crippen molar-refractivity contribution in [2.24, 2.45) is 11.8 Å². The van der Waals surface area contributed by atoms with Gasteiger partial charge in [-0.05, 0) is 32.6 Å². The van der Waals surface area contributed by atoms with Crippen molar-refractivity contribution in [3.8, 4) is 0 Å². The predicted molar refractivity (Wildman–Crippen MR) is 64.1 cm³/mol. The Bertz CT molecular complexity index is 251. The van der Waals surface area contributed by atoms with Crippen molar-refractivity contribution in [1.29, 1.82) is 0 Å². The molecule has 0 aromatic rings. The Balaban J connectivity index is 2.47. The molecule has 3 heteroatoms. The minimum absolute atomic E-state index is 0.175. The van der Waals surface area contributed by atoms with Crippen LogP contribution in [0.15, 0.2) is 0 Å². The van der Waals surface area contributed by atoms with Crippen molar-refractivity contribution >= 4 is 11.7 Å². The molecule has 0 spiro atoms. The molecule has 1 rings (SSSR count). The van der Waals surface area contributed by atoms with E-state index in [2.05, 4.69) is 13.8 Å². The number of carbonyl (C=O) groups excluding carboxylic acids is 2. The Labute approximate surface area is 98.2 Å². The number of hydrogen-bond acceptors (Lipinski definition) is 2. The molecule has 0 atom stereocenters. The van der Waals surface area contributed by atoms with Crippen molar-refractivity contribution in [2.75, 3.05) is 13.1 Å². The summed E-state index contributed by atoms with van der Waals surface area (Å²) in [6.07, 6.45) is 3.53. The van der Waals surface area contributed by atoms with Crippen LogP contribution in [0, 0.1) is 11.8 Å². The summed E-state index contributed by atoms with van der Waals surface area (Å²) in [7, 11) is 0. The second kappa shape index (κ2) is 6.02. The first kappa shape index (κ1) is 13.2. The smallest absolute Gasteiger partial charge is 0.225 e. The summed E-state index contributed by atoms with van der Waals surface area (Å²) < 4.78 is 0. The van der Waals surface area contributed by atoms with E-state index in [4.69, 9.17) is 0 Å². The molecular formula is C13H23NO2. The molecular weight excluding hydrogens is 202 g/mol. The van der Waals surface area contributed by atoms with Crippen molar-refractivity contribution in [3.05, 3.63) is 0 Å². The summed E-state index contributed by atoms with van der Waals surface area (Å²) in [6.45, 7) is 7.31. The number of carbonyl (C=O) groups is 2. The van der Waals surface area contributed by atoms with Gasteiger partial charge in [0.2, 0.25) is 5.91 Å². The lowest BCUT2D eigenvalue weighted by atomic mass is 9.92. The molecule has 0 saturated carbocycles. The van der Waals surface area contributed by atoms with Crippen LogP contribution in [0.5, 0.6) is 0 Å². The van der Waals surface area contributed by atoms with E-state index in [1.807, 2.05) is 4.90 Å². The lowest BCUT2D eigenvalue weighted by Crippen LogP contribution is -2.42. The predicted octanol–water partition coefficient (Wildman–Crippen LogP) is 2.25. The third-order valence-corrected chi connectivity index (χ3v) is 3.72. The first-order valence-electron chi connectivity index (χ1n) is 6.39. The lowest BCUT2D eigenvalue weighted by Gasteiger charge is -2.33. The van der Waals surface area contributed by atoms with E-state index in [0.29, 0.717) is 0 Å². The zero-order valence-electron chi connectivity index (χ0n) is 10.7. The molecule has 16 heavy (non-hydrogen) atoms. The van der Waals surface area contributed by atoms with Gasteiger partial charge in [0, 0.05) is 24.9 Å². The molecule has 92 valence electrons. The Morgan fingerprint density at radius 3 is 2.06 bits per heavy atom. The molecule has 0 N–H and O–H groups in total. The number of rotatable bonds is 4. The fraction of sp³-hybridized carbons (Fsp3) is 0.846. The highest BCUT2D eigenvalue weighted by molar-refractivity contribution is 5.80. The number of piperidine rings is 1. The third kappa shape index (κ3) is 3.06. The average molecular weight is 225 g/mol. The van der Waals surface area contributed by atoms with Crippen molar-refractivity contribution < 1.29 is 9.59 Å². The van der Waals surface area contributed by atoms with Crippen LogP contribution in [0.3, 0.4) is 0 Å². The molecule has 1 heterocycles. The summed E-state index contributed by atoms with van der Waals surface area (Å²) in [5.41, 5.74) is 0. The van der Waals surface area contributed by atoms with E-state index in [0.717, 1.165) is 38.8 Å². The molecule has 1 amide bonds. The third-order valence-electron chi connectivity index (χ3n) is 3.72. The first-order chi connectivity index (χ1) is 7.60. The van der Waals surface area contributed by atoms with Crippen molar-refractivity contribution in [2.45, 2.75) is 46.5 Å². The lowest BCUT2D eigenvalue weighted by molar-refractivity contribution is -0.138. The van der Waals surface area contributed by atoms with E-state index in [9.17, 15) is 9.59 Å². The van der Waals surface area contributed by atoms with Crippen LogP contribution in [0.2, 0.25) is 0 Å². The molecule has 0 aromatic carbocycles. The van der Waals surface area contributed by atoms with Gasteiger partial charge in [0.05, 0.1) is 0 Å². The molecule has 1 aliphatic heterocycles. The second-order valence-corrected chi connectivity index (χ2v) is 4.72. The van der Waals surface area contributed by atoms with Crippen molar-refractivity contribution in [1.82, 2.24) is 4.90 Å². The highest BCUT2D eigenvalue weighted by Gasteiger charge is 2.27. The topological polar surface area (TPSA) is 37.4 Å². The number of nitrogens with zero attached hydrogens (tertiary/aromatic N) is 1. The van der Waals surface area contributed by atoms with E-state index in [1.165, 1.54) is 0 Å². The SMILES string of the molecule is CCC(CC)C(=O)N1CCC(C(C)=O)CC1. The van der Waals surface area contributed by atoms with Gasteiger partial charge < -0.3 is 4.90 Å². The van der Waals surface area contributed by atoms with E-state index >= 15 is 0 Å². The van der Waals surface area contributed by atoms with Gasteiger partial charge in [0.1, 0.15) is 5.78 Å². The van der Waals surface area contributed by atoms with Gasteiger partial charge in [0.15, 0.2) is 0 Å². The number of amides is 1. The minimum Gasteiger partial charge on any atom is -0.342 e. The van der Waals surface area contributed by atoms with Gasteiger partial charge >= 0.3 is 0 Å². The van der Waals surface area contributed by atoms with Gasteiger partial charge in [-0.1, -0.05) is 13.8 Å². The van der Waals surface area contributed by atoms with Crippen LogP contribution in [0.1, 0.15) is 46.5 Å². The van der Waals surface area contributed by atoms with Gasteiger partial charge in [-0.2, -0.15) is 0 Å². The van der Waals surface area contributed by atoms with E-state index < -0.39 is 0 Å². The van der Waals surface area contributed by atoms with Gasteiger partial charge in [-0.25, -0.2) is 0 Å². The maximum atomic E-state index is 12.1. The summed E-state index contributed by atoms with van der Waals surface area (Å²) in [6, 6.07) is 0. The molecule has 1 saturated heterocycles. The molecule has 1 fully saturated rings. The molecule has 0 bridgehead atoms. The van der Waals surface area contributed by atoms with Gasteiger partial charge in [-0.3, -0.25) is 9.59 Å². The Morgan fingerprint density at radius 2 is 1.69 bits per heavy atom. The van der Waals surface area contributed by atoms with Crippen LogP contribution in [0.25, 0.3) is 0 Å². The normalized spacial score (nSPS) is 17.9. The molecule has 0 aromatic heterocycles. The summed E-state index contributed by atoms with van der Waals surface area (Å²) in [5, 5.41) is 0. The Kier molecular flexibility index (Phi) is 4.97. The quantitative estimate of drug-likeness (QED) is 0.736. The highest BCUT2D eigenvalue weighted by Crippen LogP contribution is 2.21. The largest absolute Gasteiger partial charge is 0.342 e. The number of Topliss-reactive ketones (excluding diaryl/α,β-unsaturated/α-hetero) is 1. The Morgan fingerprint density at radius 1 is 1.19 bits per heavy atom. The highest BCUT2D eigenvalue weighted by atomic mass is 16.2. The first-order valence-corrected chi connectivity index (χ1v) is 6.39. The number of likely N-dealkylation sites (tertiary alicyclic amines) is 1. The van der Waals surface area contributed by atoms with E-state index in [-0.39, 0.29) is 23.5 Å². The number of hydrogen-bond donors (Lipinski definition) is 0. The molecule has 3 nitrogen and oxygen atoms in total. The van der Waals surface area contributed by atoms with Crippen LogP contribution in [0.4, 0.5) is 0 Å². The van der Waals surface area contributed by atoms with Crippen LogP contribution < -0.4 is 0 Å². The summed E-state index contributed by atoms with van der Waals surface area (Å²) in [4.78, 5) is 25.2. The second-order valence-electron chi connectivity index (χ2n) is 4.72. The van der Waals surface area contributed by atoms with Gasteiger partial charge in [-0.15, -0.1) is 0 Å². The fourth-order valence-corrected chi connectivity index (χ4v) is 2.40. The molecule has 1 aliphatic rings. The number of ketones is 1. The molecule has 0 radical (unpaired) electrons. The van der Waals surface area contributed by atoms with Crippen LogP contribution in [-0.4, -0.2) is 29.7 Å². The zero-order valence-corrected chi connectivity index (χ0v) is 10.7. The van der Waals surface area contributed by atoms with Gasteiger partial charge in [0.25, 0.3) is 0 Å². The van der Waals surface area contributed by atoms with Crippen molar-refractivity contribution in [3.63, 3.8) is 0 Å². The standard InChI is InChI=1S/C13H23NO2/c1-4-11(5-2)13(16)14-8-6-12(7-9-14)10(3)15/h11-12H,4-9H2,1-3H3. The van der Waals surface area contributed by atoms with E-state index in [1.54, 1.807) is 6.92 Å². The molecule has 0 unspecified atom stereocenters. The maximum absolute atomic E-state index is 12.1. The Hall–Kier alpha value is -0.860. The fourth-order valence-electron chi connectivity index (χ4n) is 2.40. The average Bonchev–Trinajstić information content (AvgIpc) is 2.30. The monoisotopic (exact) mass is 225 g/mol. The zero-order chi connectivity index (χ0) is 12.1. The molecule has 0 aliphatic carbocycles. The summed E-state index contributed by atoms with van der Waals surface area (Å²) >= 11 is 0. The van der Waals surface area contributed by atoms with Crippen LogP contribution in [-0.2, 0) is 9.59 Å². The maximum Gasteiger partial charge on any atom is 0.225 e.